The summed E-state index contributed by atoms with van der Waals surface area (Å²) in [6.45, 7) is 5.00. The number of carbonyl (C=O) groups is 1. The average Bonchev–Trinajstić information content (AvgIpc) is 2.42. The van der Waals surface area contributed by atoms with E-state index in [0.29, 0.717) is 22.4 Å². The van der Waals surface area contributed by atoms with Gasteiger partial charge in [-0.1, -0.05) is 30.1 Å². The number of benzene rings is 1. The second kappa shape index (κ2) is 9.50. The Morgan fingerprint density at radius 1 is 1.40 bits per heavy atom. The lowest BCUT2D eigenvalue weighted by Crippen LogP contribution is -2.40. The first-order valence-electron chi connectivity index (χ1n) is 6.56. The van der Waals surface area contributed by atoms with Gasteiger partial charge in [0.15, 0.2) is 0 Å². The summed E-state index contributed by atoms with van der Waals surface area (Å²) in [5.41, 5.74) is 0. The van der Waals surface area contributed by atoms with Gasteiger partial charge in [0.25, 0.3) is 0 Å². The maximum atomic E-state index is 11.9. The molecule has 0 spiro atoms. The van der Waals surface area contributed by atoms with Gasteiger partial charge < -0.3 is 10.1 Å². The molecule has 0 aliphatic heterocycles. The van der Waals surface area contributed by atoms with Crippen LogP contribution in [0.4, 0.5) is 0 Å². The average molecular weight is 336 g/mol. The highest BCUT2D eigenvalue weighted by molar-refractivity contribution is 7.99. The summed E-state index contributed by atoms with van der Waals surface area (Å²) in [6.07, 6.45) is 0.957. The molecule has 1 aromatic carbocycles. The van der Waals surface area contributed by atoms with E-state index >= 15 is 0 Å². The first-order valence-corrected chi connectivity index (χ1v) is 8.30. The van der Waals surface area contributed by atoms with Crippen molar-refractivity contribution >= 4 is 40.9 Å². The van der Waals surface area contributed by atoms with Crippen molar-refractivity contribution in [1.29, 1.82) is 0 Å². The quantitative estimate of drug-likeness (QED) is 0.575. The zero-order valence-electron chi connectivity index (χ0n) is 11.6. The molecule has 1 rings (SSSR count). The van der Waals surface area contributed by atoms with Crippen LogP contribution in [0.2, 0.25) is 10.0 Å². The number of nitrogens with one attached hydrogen (secondary N) is 1. The Balaban J connectivity index is 2.64. The molecular formula is C14H19Cl2NO2S. The van der Waals surface area contributed by atoms with Crippen LogP contribution in [-0.4, -0.2) is 30.9 Å². The van der Waals surface area contributed by atoms with E-state index in [4.69, 9.17) is 27.9 Å². The summed E-state index contributed by atoms with van der Waals surface area (Å²) in [4.78, 5) is 12.7. The van der Waals surface area contributed by atoms with Crippen molar-refractivity contribution in [2.45, 2.75) is 31.2 Å². The van der Waals surface area contributed by atoms with E-state index in [0.717, 1.165) is 17.9 Å². The van der Waals surface area contributed by atoms with Crippen LogP contribution in [0.5, 0.6) is 0 Å². The van der Waals surface area contributed by atoms with E-state index in [2.05, 4.69) is 12.2 Å². The molecule has 1 atom stereocenters. The van der Waals surface area contributed by atoms with Crippen LogP contribution in [0, 0.1) is 0 Å². The summed E-state index contributed by atoms with van der Waals surface area (Å²) in [6, 6.07) is 4.96. The Bertz CT molecular complexity index is 443. The highest BCUT2D eigenvalue weighted by Crippen LogP contribution is 2.30. The third kappa shape index (κ3) is 5.92. The molecule has 0 fully saturated rings. The van der Waals surface area contributed by atoms with Gasteiger partial charge in [-0.05, 0) is 38.1 Å². The lowest BCUT2D eigenvalue weighted by Gasteiger charge is -2.17. The summed E-state index contributed by atoms with van der Waals surface area (Å²) in [7, 11) is 0. The monoisotopic (exact) mass is 335 g/mol. The molecule has 0 saturated carbocycles. The second-order valence-corrected chi connectivity index (χ2v) is 6.05. The zero-order chi connectivity index (χ0) is 15.0. The Hall–Kier alpha value is -0.420. The van der Waals surface area contributed by atoms with Crippen molar-refractivity contribution in [1.82, 2.24) is 5.32 Å². The molecule has 1 aromatic rings. The van der Waals surface area contributed by atoms with Gasteiger partial charge in [-0.25, -0.2) is 0 Å². The van der Waals surface area contributed by atoms with E-state index in [1.54, 1.807) is 25.1 Å². The van der Waals surface area contributed by atoms with Crippen molar-refractivity contribution < 1.29 is 9.53 Å². The van der Waals surface area contributed by atoms with Crippen molar-refractivity contribution in [3.63, 3.8) is 0 Å². The number of ether oxygens (including phenoxy) is 1. The number of hydrogen-bond donors (Lipinski definition) is 1. The zero-order valence-corrected chi connectivity index (χ0v) is 13.9. The molecular weight excluding hydrogens is 317 g/mol. The minimum Gasteiger partial charge on any atom is -0.465 e. The molecule has 20 heavy (non-hydrogen) atoms. The highest BCUT2D eigenvalue weighted by Gasteiger charge is 2.19. The molecule has 0 saturated heterocycles. The van der Waals surface area contributed by atoms with Gasteiger partial charge in [0.2, 0.25) is 0 Å². The number of esters is 1. The lowest BCUT2D eigenvalue weighted by molar-refractivity contribution is -0.144. The normalized spacial score (nSPS) is 12.2. The van der Waals surface area contributed by atoms with Gasteiger partial charge in [0.1, 0.15) is 6.04 Å². The van der Waals surface area contributed by atoms with Crippen molar-refractivity contribution in [2.75, 3.05) is 18.9 Å². The van der Waals surface area contributed by atoms with Gasteiger partial charge in [0.05, 0.1) is 11.6 Å². The third-order valence-electron chi connectivity index (χ3n) is 2.51. The molecule has 0 radical (unpaired) electrons. The molecule has 0 bridgehead atoms. The fraction of sp³-hybridized carbons (Fsp3) is 0.500. The third-order valence-corrected chi connectivity index (χ3v) is 4.34. The fourth-order valence-corrected chi connectivity index (χ4v) is 3.07. The molecule has 3 nitrogen and oxygen atoms in total. The predicted octanol–water partition coefficient (Wildman–Crippen LogP) is 4.02. The topological polar surface area (TPSA) is 38.3 Å². The fourth-order valence-electron chi connectivity index (χ4n) is 1.53. The van der Waals surface area contributed by atoms with Crippen LogP contribution >= 0.6 is 35.0 Å². The van der Waals surface area contributed by atoms with E-state index in [1.165, 1.54) is 11.8 Å². The van der Waals surface area contributed by atoms with E-state index in [1.807, 2.05) is 0 Å². The van der Waals surface area contributed by atoms with E-state index in [-0.39, 0.29) is 12.0 Å². The Morgan fingerprint density at radius 3 is 2.80 bits per heavy atom. The van der Waals surface area contributed by atoms with Crippen molar-refractivity contribution in [2.24, 2.45) is 0 Å². The number of carbonyl (C=O) groups excluding carboxylic acids is 1. The van der Waals surface area contributed by atoms with Gasteiger partial charge in [-0.15, -0.1) is 11.8 Å². The maximum absolute atomic E-state index is 11.9. The SMILES string of the molecule is CCCNC(CSc1cc(Cl)ccc1Cl)C(=O)OCC. The summed E-state index contributed by atoms with van der Waals surface area (Å²) in [5, 5.41) is 4.45. The summed E-state index contributed by atoms with van der Waals surface area (Å²) < 4.78 is 5.07. The lowest BCUT2D eigenvalue weighted by atomic mass is 10.3. The smallest absolute Gasteiger partial charge is 0.323 e. The van der Waals surface area contributed by atoms with Gasteiger partial charge in [-0.2, -0.15) is 0 Å². The van der Waals surface area contributed by atoms with Crippen LogP contribution < -0.4 is 5.32 Å². The van der Waals surface area contributed by atoms with Crippen LogP contribution in [-0.2, 0) is 9.53 Å². The van der Waals surface area contributed by atoms with Gasteiger partial charge in [-0.3, -0.25) is 4.79 Å². The molecule has 0 heterocycles. The van der Waals surface area contributed by atoms with Crippen LogP contribution in [0.15, 0.2) is 23.1 Å². The predicted molar refractivity (Wildman–Crippen MR) is 85.9 cm³/mol. The van der Waals surface area contributed by atoms with Crippen LogP contribution in [0.25, 0.3) is 0 Å². The maximum Gasteiger partial charge on any atom is 0.323 e. The van der Waals surface area contributed by atoms with Gasteiger partial charge in [0, 0.05) is 15.7 Å². The van der Waals surface area contributed by atoms with Crippen LogP contribution in [0.3, 0.4) is 0 Å². The highest BCUT2D eigenvalue weighted by atomic mass is 35.5. The molecule has 1 N–H and O–H groups in total. The first-order chi connectivity index (χ1) is 9.58. The summed E-state index contributed by atoms with van der Waals surface area (Å²) >= 11 is 13.6. The molecule has 6 heteroatoms. The molecule has 112 valence electrons. The number of thioether (sulfide) groups is 1. The standard InChI is InChI=1S/C14H19Cl2NO2S/c1-3-7-17-12(14(18)19-4-2)9-20-13-8-10(15)5-6-11(13)16/h5-6,8,12,17H,3-4,7,9H2,1-2H3. The van der Waals surface area contributed by atoms with E-state index < -0.39 is 0 Å². The van der Waals surface area contributed by atoms with Gasteiger partial charge >= 0.3 is 5.97 Å². The molecule has 0 amide bonds. The van der Waals surface area contributed by atoms with Crippen LogP contribution in [0.1, 0.15) is 20.3 Å². The molecule has 0 aliphatic rings. The number of halogens is 2. The largest absolute Gasteiger partial charge is 0.465 e. The Morgan fingerprint density at radius 2 is 2.15 bits per heavy atom. The summed E-state index contributed by atoms with van der Waals surface area (Å²) in [5.74, 6) is 0.324. The molecule has 0 aliphatic carbocycles. The van der Waals surface area contributed by atoms with Crippen molar-refractivity contribution in [3.05, 3.63) is 28.2 Å². The number of rotatable bonds is 8. The minimum atomic E-state index is -0.338. The first kappa shape index (κ1) is 17.6. The number of hydrogen-bond acceptors (Lipinski definition) is 4. The minimum absolute atomic E-state index is 0.230. The van der Waals surface area contributed by atoms with E-state index in [9.17, 15) is 4.79 Å². The Labute approximate surface area is 134 Å². The molecule has 0 aromatic heterocycles. The molecule has 1 unspecified atom stereocenters. The Kier molecular flexibility index (Phi) is 8.38. The van der Waals surface area contributed by atoms with Crippen molar-refractivity contribution in [3.8, 4) is 0 Å². The second-order valence-electron chi connectivity index (χ2n) is 4.14.